The van der Waals surface area contributed by atoms with Gasteiger partial charge in [0.25, 0.3) is 0 Å². The third-order valence-corrected chi connectivity index (χ3v) is 3.71. The van der Waals surface area contributed by atoms with E-state index in [0.717, 1.165) is 24.4 Å². The predicted octanol–water partition coefficient (Wildman–Crippen LogP) is 2.07. The van der Waals surface area contributed by atoms with Gasteiger partial charge in [-0.05, 0) is 33.6 Å². The number of amides is 1. The van der Waals surface area contributed by atoms with Crippen molar-refractivity contribution in [1.82, 2.24) is 14.9 Å². The lowest BCUT2D eigenvalue weighted by atomic mass is 10.2. The zero-order valence-electron chi connectivity index (χ0n) is 14.0. The molecule has 1 aliphatic carbocycles. The number of hydrogen-bond acceptors (Lipinski definition) is 6. The van der Waals surface area contributed by atoms with Crippen molar-refractivity contribution in [3.8, 4) is 5.75 Å². The van der Waals surface area contributed by atoms with Crippen LogP contribution in [0.15, 0.2) is 12.5 Å². The van der Waals surface area contributed by atoms with Crippen LogP contribution in [0.1, 0.15) is 33.6 Å². The third-order valence-electron chi connectivity index (χ3n) is 3.71. The molecule has 1 saturated heterocycles. The summed E-state index contributed by atoms with van der Waals surface area (Å²) in [4.78, 5) is 24.4. The molecule has 0 atom stereocenters. The maximum atomic E-state index is 12.1. The van der Waals surface area contributed by atoms with Crippen molar-refractivity contribution in [1.29, 1.82) is 0 Å². The van der Waals surface area contributed by atoms with E-state index in [9.17, 15) is 4.79 Å². The molecule has 1 aromatic heterocycles. The van der Waals surface area contributed by atoms with Crippen molar-refractivity contribution in [2.24, 2.45) is 0 Å². The highest BCUT2D eigenvalue weighted by Gasteiger charge is 2.29. The average molecular weight is 320 g/mol. The quantitative estimate of drug-likeness (QED) is 0.849. The number of nitrogens with zero attached hydrogens (tertiary/aromatic N) is 4. The van der Waals surface area contributed by atoms with E-state index >= 15 is 0 Å². The van der Waals surface area contributed by atoms with E-state index in [0.29, 0.717) is 32.3 Å². The number of ether oxygens (including phenoxy) is 2. The van der Waals surface area contributed by atoms with Gasteiger partial charge >= 0.3 is 6.09 Å². The fourth-order valence-corrected chi connectivity index (χ4v) is 2.42. The van der Waals surface area contributed by atoms with Crippen LogP contribution >= 0.6 is 0 Å². The van der Waals surface area contributed by atoms with Gasteiger partial charge in [-0.15, -0.1) is 0 Å². The van der Waals surface area contributed by atoms with Crippen LogP contribution in [0.2, 0.25) is 0 Å². The first-order valence-corrected chi connectivity index (χ1v) is 8.12. The highest BCUT2D eigenvalue weighted by atomic mass is 16.6. The Labute approximate surface area is 136 Å². The van der Waals surface area contributed by atoms with Crippen LogP contribution in [0.3, 0.4) is 0 Å². The molecule has 7 heteroatoms. The molecule has 0 radical (unpaired) electrons. The molecule has 7 nitrogen and oxygen atoms in total. The zero-order chi connectivity index (χ0) is 16.4. The van der Waals surface area contributed by atoms with E-state index in [1.54, 1.807) is 11.1 Å². The first kappa shape index (κ1) is 15.8. The predicted molar refractivity (Wildman–Crippen MR) is 85.7 cm³/mol. The van der Waals surface area contributed by atoms with Crippen molar-refractivity contribution >= 4 is 11.9 Å². The Kier molecular flexibility index (Phi) is 4.28. The number of piperazine rings is 1. The van der Waals surface area contributed by atoms with Crippen molar-refractivity contribution < 1.29 is 14.3 Å². The second-order valence-electron chi connectivity index (χ2n) is 6.98. The number of hydrogen-bond donors (Lipinski definition) is 0. The van der Waals surface area contributed by atoms with Gasteiger partial charge < -0.3 is 19.3 Å². The third kappa shape index (κ3) is 4.24. The van der Waals surface area contributed by atoms with Gasteiger partial charge in [-0.2, -0.15) is 0 Å². The Morgan fingerprint density at radius 3 is 2.52 bits per heavy atom. The van der Waals surface area contributed by atoms with E-state index in [4.69, 9.17) is 9.47 Å². The fraction of sp³-hybridized carbons (Fsp3) is 0.688. The lowest BCUT2D eigenvalue weighted by Crippen LogP contribution is -2.50. The van der Waals surface area contributed by atoms with Gasteiger partial charge in [0.1, 0.15) is 11.9 Å². The summed E-state index contributed by atoms with van der Waals surface area (Å²) in [5, 5.41) is 0. The maximum Gasteiger partial charge on any atom is 0.410 e. The van der Waals surface area contributed by atoms with Crippen molar-refractivity contribution in [2.45, 2.75) is 45.3 Å². The molecule has 2 aliphatic rings. The fourth-order valence-electron chi connectivity index (χ4n) is 2.42. The molecule has 1 saturated carbocycles. The second kappa shape index (κ2) is 6.22. The summed E-state index contributed by atoms with van der Waals surface area (Å²) in [6.45, 7) is 8.27. The topological polar surface area (TPSA) is 67.8 Å². The molecule has 126 valence electrons. The Bertz CT molecular complexity index is 561. The number of anilines is 1. The molecule has 2 fully saturated rings. The molecular weight excluding hydrogens is 296 g/mol. The molecule has 23 heavy (non-hydrogen) atoms. The largest absolute Gasteiger partial charge is 0.485 e. The molecule has 0 aromatic carbocycles. The summed E-state index contributed by atoms with van der Waals surface area (Å²) >= 11 is 0. The molecule has 0 N–H and O–H groups in total. The average Bonchev–Trinajstić information content (AvgIpc) is 3.30. The lowest BCUT2D eigenvalue weighted by Gasteiger charge is -2.36. The SMILES string of the molecule is CC(C)(C)OC(=O)N1CCN(c2ncncc2OC2CC2)CC1. The van der Waals surface area contributed by atoms with Crippen LogP contribution in [0.25, 0.3) is 0 Å². The number of carbonyl (C=O) groups excluding carboxylic acids is 1. The van der Waals surface area contributed by atoms with Gasteiger partial charge in [0.05, 0.1) is 12.3 Å². The van der Waals surface area contributed by atoms with Crippen LogP contribution in [0, 0.1) is 0 Å². The van der Waals surface area contributed by atoms with Crippen LogP contribution in [-0.2, 0) is 4.74 Å². The molecule has 0 unspecified atom stereocenters. The molecule has 2 heterocycles. The standard InChI is InChI=1S/C16H24N4O3/c1-16(2,3)23-15(21)20-8-6-19(7-9-20)14-13(10-17-11-18-14)22-12-4-5-12/h10-12H,4-9H2,1-3H3. The van der Waals surface area contributed by atoms with E-state index in [1.165, 1.54) is 6.33 Å². The van der Waals surface area contributed by atoms with Crippen LogP contribution in [0.5, 0.6) is 5.75 Å². The zero-order valence-corrected chi connectivity index (χ0v) is 14.0. The number of carbonyl (C=O) groups is 1. The van der Waals surface area contributed by atoms with Gasteiger partial charge in [-0.3, -0.25) is 0 Å². The minimum Gasteiger partial charge on any atom is -0.485 e. The Morgan fingerprint density at radius 2 is 1.91 bits per heavy atom. The molecule has 1 aliphatic heterocycles. The normalized spacial score (nSPS) is 18.7. The van der Waals surface area contributed by atoms with E-state index in [-0.39, 0.29) is 6.09 Å². The first-order valence-electron chi connectivity index (χ1n) is 8.12. The molecule has 0 bridgehead atoms. The minimum atomic E-state index is -0.466. The van der Waals surface area contributed by atoms with Crippen molar-refractivity contribution in [2.75, 3.05) is 31.1 Å². The summed E-state index contributed by atoms with van der Waals surface area (Å²) in [5.41, 5.74) is -0.466. The van der Waals surface area contributed by atoms with Crippen molar-refractivity contribution in [3.05, 3.63) is 12.5 Å². The summed E-state index contributed by atoms with van der Waals surface area (Å²) in [7, 11) is 0. The lowest BCUT2D eigenvalue weighted by molar-refractivity contribution is 0.0240. The van der Waals surface area contributed by atoms with Gasteiger partial charge in [0, 0.05) is 26.2 Å². The minimum absolute atomic E-state index is 0.255. The van der Waals surface area contributed by atoms with Gasteiger partial charge in [0.15, 0.2) is 11.6 Å². The van der Waals surface area contributed by atoms with E-state index in [1.807, 2.05) is 20.8 Å². The number of rotatable bonds is 3. The molecule has 0 spiro atoms. The Morgan fingerprint density at radius 1 is 1.22 bits per heavy atom. The van der Waals surface area contributed by atoms with Crippen molar-refractivity contribution in [3.63, 3.8) is 0 Å². The van der Waals surface area contributed by atoms with E-state index < -0.39 is 5.60 Å². The molecular formula is C16H24N4O3. The molecule has 1 aromatic rings. The molecule has 1 amide bonds. The Hall–Kier alpha value is -2.05. The first-order chi connectivity index (χ1) is 10.9. The smallest absolute Gasteiger partial charge is 0.410 e. The van der Waals surface area contributed by atoms with Gasteiger partial charge in [-0.25, -0.2) is 14.8 Å². The Balaban J connectivity index is 1.59. The second-order valence-corrected chi connectivity index (χ2v) is 6.98. The van der Waals surface area contributed by atoms with E-state index in [2.05, 4.69) is 14.9 Å². The number of aromatic nitrogens is 2. The monoisotopic (exact) mass is 320 g/mol. The summed E-state index contributed by atoms with van der Waals surface area (Å²) in [5.74, 6) is 1.55. The molecule has 3 rings (SSSR count). The summed E-state index contributed by atoms with van der Waals surface area (Å²) < 4.78 is 11.3. The summed E-state index contributed by atoms with van der Waals surface area (Å²) in [6.07, 6.45) is 5.51. The highest BCUT2D eigenvalue weighted by molar-refractivity contribution is 5.68. The van der Waals surface area contributed by atoms with Crippen LogP contribution in [0.4, 0.5) is 10.6 Å². The van der Waals surface area contributed by atoms with Gasteiger partial charge in [0.2, 0.25) is 0 Å². The summed E-state index contributed by atoms with van der Waals surface area (Å²) in [6, 6.07) is 0. The van der Waals surface area contributed by atoms with Crippen LogP contribution < -0.4 is 9.64 Å². The van der Waals surface area contributed by atoms with Gasteiger partial charge in [-0.1, -0.05) is 0 Å². The highest BCUT2D eigenvalue weighted by Crippen LogP contribution is 2.32. The maximum absolute atomic E-state index is 12.1. The van der Waals surface area contributed by atoms with Crippen LogP contribution in [-0.4, -0.2) is 58.8 Å².